The van der Waals surface area contributed by atoms with Crippen molar-refractivity contribution >= 4 is 39.3 Å². The van der Waals surface area contributed by atoms with Gasteiger partial charge in [-0.3, -0.25) is 0 Å². The molecule has 1 aliphatic rings. The van der Waals surface area contributed by atoms with E-state index in [-0.39, 0.29) is 0 Å². The number of pyridine rings is 1. The quantitative estimate of drug-likeness (QED) is 0.766. The van der Waals surface area contributed by atoms with E-state index in [0.717, 1.165) is 4.83 Å². The van der Waals surface area contributed by atoms with Crippen LogP contribution in [-0.4, -0.2) is 48.9 Å². The highest BCUT2D eigenvalue weighted by Gasteiger charge is 2.30. The molecule has 0 aliphatic carbocycles. The number of hydrogen-bond acceptors (Lipinski definition) is 7. The first-order valence-electron chi connectivity index (χ1n) is 9.11. The summed E-state index contributed by atoms with van der Waals surface area (Å²) in [4.78, 5) is 30.9. The molecule has 9 heteroatoms. The average molecular weight is 409 g/mol. The number of hydrogen-bond donors (Lipinski definition) is 1. The average Bonchev–Trinajstić information content (AvgIpc) is 2.94. The van der Waals surface area contributed by atoms with E-state index >= 15 is 0 Å². The standard InChI is InChI=1S/C19H25N3O5S/c1-10-12-13(20)15(17(23)27-19(3,4)5)28-16(12)21-11(2)14(10)26-18(24)22-6-8-25-9-7-22/h6-9,20H2,1-5H3/p+1. The molecule has 152 valence electrons. The van der Waals surface area contributed by atoms with Crippen LogP contribution in [-0.2, 0) is 9.47 Å². The number of thiophene rings is 1. The summed E-state index contributed by atoms with van der Waals surface area (Å²) in [5.74, 6) is -0.0484. The van der Waals surface area contributed by atoms with Gasteiger partial charge in [-0.05, 0) is 27.7 Å². The van der Waals surface area contributed by atoms with Crippen LogP contribution >= 0.6 is 11.3 Å². The maximum atomic E-state index is 12.5. The third-order valence-corrected chi connectivity index (χ3v) is 5.45. The molecule has 28 heavy (non-hydrogen) atoms. The molecule has 0 saturated carbocycles. The van der Waals surface area contributed by atoms with Gasteiger partial charge in [0.25, 0.3) is 4.83 Å². The molecule has 2 aromatic heterocycles. The third-order valence-electron chi connectivity index (χ3n) is 4.35. The first kappa shape index (κ1) is 20.3. The molecular formula is C19H26N3O5S+. The molecule has 0 radical (unpaired) electrons. The molecule has 3 N–H and O–H groups in total. The van der Waals surface area contributed by atoms with Crippen LogP contribution in [0.15, 0.2) is 0 Å². The molecule has 1 saturated heterocycles. The van der Waals surface area contributed by atoms with E-state index < -0.39 is 17.7 Å². The molecule has 0 unspecified atom stereocenters. The topological polar surface area (TPSA) is 105 Å². The lowest BCUT2D eigenvalue weighted by Gasteiger charge is -2.26. The van der Waals surface area contributed by atoms with Crippen molar-refractivity contribution in [2.75, 3.05) is 32.0 Å². The molecule has 8 nitrogen and oxygen atoms in total. The number of aromatic nitrogens is 1. The Morgan fingerprint density at radius 2 is 1.86 bits per heavy atom. The number of esters is 1. The van der Waals surface area contributed by atoms with Crippen LogP contribution in [0.5, 0.6) is 5.75 Å². The van der Waals surface area contributed by atoms with Crippen LogP contribution < -0.4 is 15.5 Å². The van der Waals surface area contributed by atoms with Gasteiger partial charge in [0.2, 0.25) is 11.4 Å². The van der Waals surface area contributed by atoms with Crippen LogP contribution in [0.4, 0.5) is 10.5 Å². The zero-order valence-corrected chi connectivity index (χ0v) is 17.6. The van der Waals surface area contributed by atoms with Gasteiger partial charge in [0, 0.05) is 25.6 Å². The number of rotatable bonds is 2. The van der Waals surface area contributed by atoms with Crippen molar-refractivity contribution in [3.8, 4) is 5.75 Å². The van der Waals surface area contributed by atoms with Gasteiger partial charge in [0.1, 0.15) is 10.5 Å². The zero-order valence-electron chi connectivity index (χ0n) is 16.8. The number of nitrogens with two attached hydrogens (primary N) is 1. The highest BCUT2D eigenvalue weighted by atomic mass is 32.1. The van der Waals surface area contributed by atoms with E-state index in [1.54, 1.807) is 25.7 Å². The summed E-state index contributed by atoms with van der Waals surface area (Å²) in [6.45, 7) is 11.0. The van der Waals surface area contributed by atoms with Crippen molar-refractivity contribution in [3.05, 3.63) is 16.1 Å². The number of nitrogens with one attached hydrogen (secondary N) is 1. The molecule has 3 heterocycles. The summed E-state index contributed by atoms with van der Waals surface area (Å²) in [5.41, 5.74) is 7.37. The predicted molar refractivity (Wildman–Crippen MR) is 106 cm³/mol. The van der Waals surface area contributed by atoms with Gasteiger partial charge in [-0.25, -0.2) is 9.59 Å². The lowest BCUT2D eigenvalue weighted by Crippen LogP contribution is -2.42. The lowest BCUT2D eigenvalue weighted by atomic mass is 10.1. The van der Waals surface area contributed by atoms with E-state index in [1.807, 2.05) is 13.8 Å². The number of aryl methyl sites for hydroxylation is 2. The number of nitrogen functional groups attached to an aromatic ring is 1. The predicted octanol–water partition coefficient (Wildman–Crippen LogP) is 2.70. The number of aromatic amines is 1. The van der Waals surface area contributed by atoms with Gasteiger partial charge in [0.15, 0.2) is 0 Å². The molecule has 2 aromatic rings. The first-order valence-corrected chi connectivity index (χ1v) is 9.92. The number of ether oxygens (including phenoxy) is 3. The van der Waals surface area contributed by atoms with Crippen molar-refractivity contribution in [2.24, 2.45) is 0 Å². The van der Waals surface area contributed by atoms with Gasteiger partial charge < -0.3 is 24.8 Å². The van der Waals surface area contributed by atoms with Gasteiger partial charge in [-0.2, -0.15) is 4.98 Å². The summed E-state index contributed by atoms with van der Waals surface area (Å²) in [5, 5.41) is 0.668. The minimum atomic E-state index is -0.618. The number of H-pyrrole nitrogens is 1. The van der Waals surface area contributed by atoms with Crippen LogP contribution in [0, 0.1) is 13.8 Å². The maximum absolute atomic E-state index is 12.5. The fraction of sp³-hybridized carbons (Fsp3) is 0.526. The second-order valence-electron chi connectivity index (χ2n) is 7.72. The number of amides is 1. The summed E-state index contributed by atoms with van der Waals surface area (Å²) >= 11 is 1.23. The molecule has 1 fully saturated rings. The van der Waals surface area contributed by atoms with Gasteiger partial charge in [0.05, 0.1) is 24.3 Å². The number of fused-ring (bicyclic) bond motifs is 1. The Balaban J connectivity index is 1.96. The van der Waals surface area contributed by atoms with Crippen LogP contribution in [0.3, 0.4) is 0 Å². The Kier molecular flexibility index (Phi) is 5.49. The van der Waals surface area contributed by atoms with Crippen molar-refractivity contribution in [1.29, 1.82) is 0 Å². The van der Waals surface area contributed by atoms with Gasteiger partial charge >= 0.3 is 12.1 Å². The van der Waals surface area contributed by atoms with Crippen molar-refractivity contribution in [3.63, 3.8) is 0 Å². The summed E-state index contributed by atoms with van der Waals surface area (Å²) in [6.07, 6.45) is -0.427. The monoisotopic (exact) mass is 408 g/mol. The van der Waals surface area contributed by atoms with E-state index in [4.69, 9.17) is 19.9 Å². The zero-order chi connectivity index (χ0) is 20.6. The summed E-state index contributed by atoms with van der Waals surface area (Å²) in [7, 11) is 0. The summed E-state index contributed by atoms with van der Waals surface area (Å²) < 4.78 is 16.4. The van der Waals surface area contributed by atoms with Gasteiger partial charge in [-0.1, -0.05) is 11.3 Å². The SMILES string of the molecule is Cc1[nH+]c2sc(C(=O)OC(C)(C)C)c(N)c2c(C)c1OC(=O)N1CCOCC1. The molecule has 3 rings (SSSR count). The molecule has 1 aliphatic heterocycles. The van der Waals surface area contributed by atoms with E-state index in [9.17, 15) is 9.59 Å². The second kappa shape index (κ2) is 7.56. The van der Waals surface area contributed by atoms with Crippen LogP contribution in [0.2, 0.25) is 0 Å². The van der Waals surface area contributed by atoms with Crippen LogP contribution in [0.25, 0.3) is 10.2 Å². The van der Waals surface area contributed by atoms with Crippen molar-refractivity contribution < 1.29 is 28.8 Å². The maximum Gasteiger partial charge on any atom is 0.415 e. The molecule has 1 amide bonds. The highest BCUT2D eigenvalue weighted by molar-refractivity contribution is 7.20. The Labute approximate surface area is 167 Å². The van der Waals surface area contributed by atoms with Crippen molar-refractivity contribution in [1.82, 2.24) is 4.90 Å². The smallest absolute Gasteiger partial charge is 0.415 e. The normalized spacial score (nSPS) is 15.0. The molecule has 0 bridgehead atoms. The number of morpholine rings is 1. The number of nitrogens with zero attached hydrogens (tertiary/aromatic N) is 1. The highest BCUT2D eigenvalue weighted by Crippen LogP contribution is 2.38. The largest absolute Gasteiger partial charge is 0.456 e. The Bertz CT molecular complexity index is 926. The number of carbonyl (C=O) groups is 2. The second-order valence-corrected chi connectivity index (χ2v) is 8.74. The molecule has 0 spiro atoms. The lowest BCUT2D eigenvalue weighted by molar-refractivity contribution is -0.352. The Hall–Kier alpha value is -2.39. The summed E-state index contributed by atoms with van der Waals surface area (Å²) in [6, 6.07) is 0. The fourth-order valence-corrected chi connectivity index (χ4v) is 4.16. The molecule has 0 aromatic carbocycles. The minimum absolute atomic E-state index is 0.326. The fourth-order valence-electron chi connectivity index (χ4n) is 3.05. The molecule has 0 atom stereocenters. The first-order chi connectivity index (χ1) is 13.1. The van der Waals surface area contributed by atoms with Crippen molar-refractivity contribution in [2.45, 2.75) is 40.2 Å². The van der Waals surface area contributed by atoms with E-state index in [0.29, 0.717) is 59.3 Å². The molecular weight excluding hydrogens is 382 g/mol. The minimum Gasteiger partial charge on any atom is -0.456 e. The Morgan fingerprint density at radius 1 is 1.21 bits per heavy atom. The Morgan fingerprint density at radius 3 is 2.46 bits per heavy atom. The number of carbonyl (C=O) groups excluding carboxylic acids is 2. The van der Waals surface area contributed by atoms with Crippen LogP contribution in [0.1, 0.15) is 41.7 Å². The number of anilines is 1. The third kappa shape index (κ3) is 4.05. The van der Waals surface area contributed by atoms with E-state index in [1.165, 1.54) is 11.3 Å². The van der Waals surface area contributed by atoms with Gasteiger partial charge in [-0.15, -0.1) is 0 Å². The van der Waals surface area contributed by atoms with E-state index in [2.05, 4.69) is 4.98 Å².